The van der Waals surface area contributed by atoms with Gasteiger partial charge in [0.1, 0.15) is 6.04 Å². The molecule has 1 fully saturated rings. The molecule has 0 radical (unpaired) electrons. The van der Waals surface area contributed by atoms with Crippen LogP contribution in [-0.2, 0) is 23.9 Å². The van der Waals surface area contributed by atoms with E-state index >= 15 is 0 Å². The summed E-state index contributed by atoms with van der Waals surface area (Å²) in [5, 5.41) is 21.5. The van der Waals surface area contributed by atoms with Crippen molar-refractivity contribution >= 4 is 29.6 Å². The van der Waals surface area contributed by atoms with Crippen molar-refractivity contribution in [1.29, 1.82) is 0 Å². The third-order valence-corrected chi connectivity index (χ3v) is 5.64. The van der Waals surface area contributed by atoms with Crippen molar-refractivity contribution in [2.75, 3.05) is 38.9 Å². The molecule has 0 aromatic heterocycles. The van der Waals surface area contributed by atoms with Crippen molar-refractivity contribution in [2.24, 2.45) is 11.3 Å². The van der Waals surface area contributed by atoms with Gasteiger partial charge in [-0.2, -0.15) is 11.8 Å². The van der Waals surface area contributed by atoms with E-state index in [0.717, 1.165) is 12.8 Å². The number of ether oxygens (including phenoxy) is 2. The topological polar surface area (TPSA) is 122 Å². The zero-order valence-electron chi connectivity index (χ0n) is 16.1. The van der Waals surface area contributed by atoms with Gasteiger partial charge in [0, 0.05) is 7.11 Å². The SMILES string of the molecule is COCCOCC(CC1(C(=O)NC(CCSC)C(=O)O)CCCC1)C(=O)O. The molecule has 0 spiro atoms. The molecule has 0 aliphatic heterocycles. The largest absolute Gasteiger partial charge is 0.481 e. The number of carbonyl (C=O) groups is 3. The predicted octanol–water partition coefficient (Wildman–Crippen LogP) is 1.62. The number of rotatable bonds is 14. The highest BCUT2D eigenvalue weighted by molar-refractivity contribution is 7.98. The Balaban J connectivity index is 2.80. The van der Waals surface area contributed by atoms with Crippen LogP contribution in [0.25, 0.3) is 0 Å². The van der Waals surface area contributed by atoms with Crippen LogP contribution >= 0.6 is 11.8 Å². The Morgan fingerprint density at radius 1 is 1.15 bits per heavy atom. The first-order valence-electron chi connectivity index (χ1n) is 9.18. The van der Waals surface area contributed by atoms with Crippen molar-refractivity contribution in [3.8, 4) is 0 Å². The summed E-state index contributed by atoms with van der Waals surface area (Å²) in [7, 11) is 1.53. The second-order valence-electron chi connectivity index (χ2n) is 6.94. The Morgan fingerprint density at radius 3 is 2.33 bits per heavy atom. The molecular formula is C18H31NO7S. The molecule has 3 N–H and O–H groups in total. The molecule has 0 aromatic rings. The summed E-state index contributed by atoms with van der Waals surface area (Å²) in [5.74, 6) is -2.63. The minimum atomic E-state index is -1.07. The number of hydrogen-bond acceptors (Lipinski definition) is 6. The molecule has 1 aliphatic carbocycles. The fourth-order valence-corrected chi connectivity index (χ4v) is 3.91. The van der Waals surface area contributed by atoms with Crippen molar-refractivity contribution in [2.45, 2.75) is 44.6 Å². The minimum absolute atomic E-state index is 0.00254. The Kier molecular flexibility index (Phi) is 10.7. The number of hydrogen-bond donors (Lipinski definition) is 3. The van der Waals surface area contributed by atoms with E-state index in [0.29, 0.717) is 31.6 Å². The highest BCUT2D eigenvalue weighted by Crippen LogP contribution is 2.43. The van der Waals surface area contributed by atoms with Gasteiger partial charge in [0.05, 0.1) is 31.2 Å². The maximum Gasteiger partial charge on any atom is 0.326 e. The van der Waals surface area contributed by atoms with Crippen molar-refractivity contribution in [1.82, 2.24) is 5.32 Å². The predicted molar refractivity (Wildman–Crippen MR) is 102 cm³/mol. The molecule has 1 amide bonds. The number of carbonyl (C=O) groups excluding carboxylic acids is 1. The lowest BCUT2D eigenvalue weighted by atomic mass is 9.76. The van der Waals surface area contributed by atoms with Gasteiger partial charge >= 0.3 is 11.9 Å². The van der Waals surface area contributed by atoms with Crippen LogP contribution < -0.4 is 5.32 Å². The third-order valence-electron chi connectivity index (χ3n) is 4.99. The fourth-order valence-electron chi connectivity index (χ4n) is 3.44. The summed E-state index contributed by atoms with van der Waals surface area (Å²) < 4.78 is 10.3. The van der Waals surface area contributed by atoms with Crippen LogP contribution in [0.1, 0.15) is 38.5 Å². The van der Waals surface area contributed by atoms with E-state index < -0.39 is 29.3 Å². The summed E-state index contributed by atoms with van der Waals surface area (Å²) in [4.78, 5) is 36.0. The Morgan fingerprint density at radius 2 is 1.81 bits per heavy atom. The third kappa shape index (κ3) is 7.67. The Hall–Kier alpha value is -1.32. The maximum absolute atomic E-state index is 12.9. The number of nitrogens with one attached hydrogen (secondary N) is 1. The lowest BCUT2D eigenvalue weighted by molar-refractivity contribution is -0.149. The van der Waals surface area contributed by atoms with E-state index in [1.165, 1.54) is 18.9 Å². The maximum atomic E-state index is 12.9. The van der Waals surface area contributed by atoms with E-state index in [-0.39, 0.29) is 25.5 Å². The summed E-state index contributed by atoms with van der Waals surface area (Å²) in [6, 6.07) is -0.955. The van der Waals surface area contributed by atoms with Gasteiger partial charge in [-0.25, -0.2) is 4.79 Å². The van der Waals surface area contributed by atoms with Gasteiger partial charge < -0.3 is 25.0 Å². The second kappa shape index (κ2) is 12.2. The van der Waals surface area contributed by atoms with Crippen LogP contribution in [-0.4, -0.2) is 73.0 Å². The standard InChI is InChI=1S/C18H31NO7S/c1-25-8-9-26-12-13(15(20)21)11-18(6-3-4-7-18)17(24)19-14(16(22)23)5-10-27-2/h13-14H,3-12H2,1-2H3,(H,19,24)(H,20,21)(H,22,23). The van der Waals surface area contributed by atoms with Gasteiger partial charge in [-0.05, 0) is 37.7 Å². The van der Waals surface area contributed by atoms with Gasteiger partial charge in [-0.15, -0.1) is 0 Å². The highest BCUT2D eigenvalue weighted by atomic mass is 32.2. The van der Waals surface area contributed by atoms with Crippen molar-refractivity contribution in [3.05, 3.63) is 0 Å². The summed E-state index contributed by atoms with van der Waals surface area (Å²) in [6.45, 7) is 0.658. The lowest BCUT2D eigenvalue weighted by Crippen LogP contribution is -2.49. The summed E-state index contributed by atoms with van der Waals surface area (Å²) in [5.41, 5.74) is -0.846. The smallest absolute Gasteiger partial charge is 0.326 e. The Bertz CT molecular complexity index is 494. The molecule has 1 saturated carbocycles. The number of amides is 1. The number of aliphatic carboxylic acids is 2. The lowest BCUT2D eigenvalue weighted by Gasteiger charge is -2.31. The van der Waals surface area contributed by atoms with Crippen LogP contribution in [0.15, 0.2) is 0 Å². The van der Waals surface area contributed by atoms with Crippen LogP contribution in [0, 0.1) is 11.3 Å². The molecule has 1 aliphatic rings. The van der Waals surface area contributed by atoms with Crippen LogP contribution in [0.2, 0.25) is 0 Å². The molecule has 1 rings (SSSR count). The first-order valence-corrected chi connectivity index (χ1v) is 10.6. The zero-order valence-corrected chi connectivity index (χ0v) is 16.9. The number of methoxy groups -OCH3 is 1. The van der Waals surface area contributed by atoms with Crippen molar-refractivity contribution in [3.63, 3.8) is 0 Å². The van der Waals surface area contributed by atoms with Gasteiger partial charge in [-0.3, -0.25) is 9.59 Å². The van der Waals surface area contributed by atoms with Crippen LogP contribution in [0.4, 0.5) is 0 Å². The normalized spacial score (nSPS) is 18.0. The van der Waals surface area contributed by atoms with E-state index in [2.05, 4.69) is 5.32 Å². The number of carboxylic acid groups (broad SMARTS) is 2. The summed E-state index contributed by atoms with van der Waals surface area (Å²) >= 11 is 1.51. The first kappa shape index (κ1) is 23.7. The Labute approximate surface area is 164 Å². The monoisotopic (exact) mass is 405 g/mol. The molecule has 2 unspecified atom stereocenters. The van der Waals surface area contributed by atoms with E-state index in [1.54, 1.807) is 0 Å². The quantitative estimate of drug-likeness (QED) is 0.373. The second-order valence-corrected chi connectivity index (χ2v) is 7.93. The van der Waals surface area contributed by atoms with Gasteiger partial charge in [0.15, 0.2) is 0 Å². The highest BCUT2D eigenvalue weighted by Gasteiger charge is 2.45. The van der Waals surface area contributed by atoms with E-state index in [9.17, 15) is 24.6 Å². The average molecular weight is 406 g/mol. The molecule has 0 saturated heterocycles. The molecule has 8 nitrogen and oxygen atoms in total. The molecular weight excluding hydrogens is 374 g/mol. The van der Waals surface area contributed by atoms with Gasteiger partial charge in [0.2, 0.25) is 5.91 Å². The van der Waals surface area contributed by atoms with Crippen LogP contribution in [0.3, 0.4) is 0 Å². The molecule has 27 heavy (non-hydrogen) atoms. The summed E-state index contributed by atoms with van der Waals surface area (Å²) in [6.07, 6.45) is 5.14. The van der Waals surface area contributed by atoms with Crippen LogP contribution in [0.5, 0.6) is 0 Å². The van der Waals surface area contributed by atoms with E-state index in [4.69, 9.17) is 9.47 Å². The van der Waals surface area contributed by atoms with Crippen molar-refractivity contribution < 1.29 is 34.1 Å². The van der Waals surface area contributed by atoms with E-state index in [1.807, 2.05) is 6.26 Å². The molecule has 9 heteroatoms. The van der Waals surface area contributed by atoms with Gasteiger partial charge in [-0.1, -0.05) is 12.8 Å². The average Bonchev–Trinajstić information content (AvgIpc) is 3.10. The molecule has 0 aromatic carbocycles. The molecule has 0 bridgehead atoms. The zero-order chi connectivity index (χ0) is 20.3. The number of thioether (sulfide) groups is 1. The van der Waals surface area contributed by atoms with Gasteiger partial charge in [0.25, 0.3) is 0 Å². The minimum Gasteiger partial charge on any atom is -0.481 e. The molecule has 2 atom stereocenters. The molecule has 156 valence electrons. The number of carboxylic acids is 2. The molecule has 0 heterocycles. The first-order chi connectivity index (χ1) is 12.9. The fraction of sp³-hybridized carbons (Fsp3) is 0.833.